The third-order valence-electron chi connectivity index (χ3n) is 5.11. The fourth-order valence-electron chi connectivity index (χ4n) is 3.31. The van der Waals surface area contributed by atoms with E-state index in [1.54, 1.807) is 41.3 Å². The molecule has 1 amide bonds. The highest BCUT2D eigenvalue weighted by Gasteiger charge is 2.32. The molecule has 1 heterocycles. The van der Waals surface area contributed by atoms with E-state index in [1.165, 1.54) is 36.0 Å². The van der Waals surface area contributed by atoms with Gasteiger partial charge in [-0.3, -0.25) is 9.69 Å². The number of carboxylic acid groups (broad SMARTS) is 1. The van der Waals surface area contributed by atoms with E-state index in [2.05, 4.69) is 20.9 Å². The Hall–Kier alpha value is -3.43. The second kappa shape index (κ2) is 10.9. The number of rotatable bonds is 7. The van der Waals surface area contributed by atoms with Gasteiger partial charge in [0.25, 0.3) is 5.91 Å². The average molecular weight is 555 g/mol. The van der Waals surface area contributed by atoms with Crippen LogP contribution < -0.4 is 4.74 Å². The molecule has 0 radical (unpaired) electrons. The maximum Gasteiger partial charge on any atom is 0.335 e. The van der Waals surface area contributed by atoms with Crippen LogP contribution in [0.3, 0.4) is 0 Å². The Morgan fingerprint density at radius 1 is 1.14 bits per heavy atom. The predicted molar refractivity (Wildman–Crippen MR) is 138 cm³/mol. The number of likely N-dealkylation sites (N-methyl/N-ethyl adjacent to an activating group) is 1. The summed E-state index contributed by atoms with van der Waals surface area (Å²) in [6, 6.07) is 17.7. The molecule has 1 saturated heterocycles. The van der Waals surface area contributed by atoms with Gasteiger partial charge in [-0.05, 0) is 84.9 Å². The van der Waals surface area contributed by atoms with Crippen LogP contribution in [0.2, 0.25) is 0 Å². The SMILES string of the molecule is CCN1C(=O)/C(=C\c2cc(Br)ccc2OCc2ccc(C(=O)O)cc2)SC1=Nc1ccc(F)cc1. The number of amides is 1. The predicted octanol–water partition coefficient (Wildman–Crippen LogP) is 6.49. The fraction of sp³-hybridized carbons (Fsp3) is 0.115. The van der Waals surface area contributed by atoms with Crippen LogP contribution in [0.25, 0.3) is 6.08 Å². The van der Waals surface area contributed by atoms with Crippen LogP contribution in [0.1, 0.15) is 28.4 Å². The van der Waals surface area contributed by atoms with Gasteiger partial charge in [-0.15, -0.1) is 0 Å². The lowest BCUT2D eigenvalue weighted by molar-refractivity contribution is -0.122. The summed E-state index contributed by atoms with van der Waals surface area (Å²) in [6.07, 6.45) is 1.76. The number of aromatic carboxylic acids is 1. The summed E-state index contributed by atoms with van der Waals surface area (Å²) in [4.78, 5) is 30.7. The van der Waals surface area contributed by atoms with Crippen molar-refractivity contribution < 1.29 is 23.8 Å². The van der Waals surface area contributed by atoms with Crippen molar-refractivity contribution in [1.29, 1.82) is 0 Å². The van der Waals surface area contributed by atoms with Gasteiger partial charge in [0.1, 0.15) is 18.2 Å². The van der Waals surface area contributed by atoms with Crippen LogP contribution >= 0.6 is 27.7 Å². The zero-order chi connectivity index (χ0) is 24.9. The summed E-state index contributed by atoms with van der Waals surface area (Å²) in [6.45, 7) is 2.54. The van der Waals surface area contributed by atoms with E-state index in [0.717, 1.165) is 10.0 Å². The Kier molecular flexibility index (Phi) is 7.67. The standard InChI is InChI=1S/C26H20BrFN2O4S/c1-2-30-24(31)23(35-26(30)29-21-10-8-20(28)9-11-21)14-18-13-19(27)7-12-22(18)34-15-16-3-5-17(6-4-16)25(32)33/h3-14H,2,15H2,1H3,(H,32,33)/b23-14+,29-26?. The molecule has 0 bridgehead atoms. The van der Waals surface area contributed by atoms with E-state index in [0.29, 0.717) is 33.6 Å². The number of ether oxygens (including phenoxy) is 1. The van der Waals surface area contributed by atoms with Crippen LogP contribution in [0.15, 0.2) is 81.1 Å². The van der Waals surface area contributed by atoms with Crippen LogP contribution in [-0.4, -0.2) is 33.6 Å². The number of amidine groups is 1. The first-order chi connectivity index (χ1) is 16.8. The molecule has 1 N–H and O–H groups in total. The van der Waals surface area contributed by atoms with Gasteiger partial charge in [0.15, 0.2) is 5.17 Å². The first-order valence-electron chi connectivity index (χ1n) is 10.6. The van der Waals surface area contributed by atoms with E-state index < -0.39 is 5.97 Å². The van der Waals surface area contributed by atoms with Crippen LogP contribution in [-0.2, 0) is 11.4 Å². The number of aliphatic imine (C=N–C) groups is 1. The Bertz CT molecular complexity index is 1320. The number of nitrogens with zero attached hydrogens (tertiary/aromatic N) is 2. The molecule has 6 nitrogen and oxygen atoms in total. The summed E-state index contributed by atoms with van der Waals surface area (Å²) in [5.74, 6) is -0.935. The zero-order valence-electron chi connectivity index (χ0n) is 18.6. The van der Waals surface area contributed by atoms with Gasteiger partial charge < -0.3 is 9.84 Å². The molecule has 4 rings (SSSR count). The molecular formula is C26H20BrFN2O4S. The second-order valence-corrected chi connectivity index (χ2v) is 9.43. The van der Waals surface area contributed by atoms with Gasteiger partial charge in [-0.2, -0.15) is 0 Å². The highest BCUT2D eigenvalue weighted by molar-refractivity contribution is 9.10. The number of carbonyl (C=O) groups excluding carboxylic acids is 1. The maximum atomic E-state index is 13.2. The maximum absolute atomic E-state index is 13.2. The number of hydrogen-bond donors (Lipinski definition) is 1. The first-order valence-corrected chi connectivity index (χ1v) is 12.2. The Morgan fingerprint density at radius 3 is 2.51 bits per heavy atom. The second-order valence-electron chi connectivity index (χ2n) is 7.50. The van der Waals surface area contributed by atoms with E-state index in [4.69, 9.17) is 9.84 Å². The molecule has 0 saturated carbocycles. The molecule has 178 valence electrons. The third-order valence-corrected chi connectivity index (χ3v) is 6.61. The monoisotopic (exact) mass is 554 g/mol. The summed E-state index contributed by atoms with van der Waals surface area (Å²) < 4.78 is 20.1. The van der Waals surface area contributed by atoms with Gasteiger partial charge >= 0.3 is 5.97 Å². The Labute approximate surface area is 214 Å². The van der Waals surface area contributed by atoms with Crippen LogP contribution in [0, 0.1) is 5.82 Å². The number of thioether (sulfide) groups is 1. The van der Waals surface area contributed by atoms with Gasteiger partial charge in [0.05, 0.1) is 16.2 Å². The van der Waals surface area contributed by atoms with Crippen molar-refractivity contribution in [3.63, 3.8) is 0 Å². The lowest BCUT2D eigenvalue weighted by atomic mass is 10.1. The van der Waals surface area contributed by atoms with Crippen LogP contribution in [0.5, 0.6) is 5.75 Å². The largest absolute Gasteiger partial charge is 0.488 e. The molecule has 1 aliphatic heterocycles. The number of halogens is 2. The molecule has 35 heavy (non-hydrogen) atoms. The minimum Gasteiger partial charge on any atom is -0.488 e. The molecule has 0 aromatic heterocycles. The highest BCUT2D eigenvalue weighted by atomic mass is 79.9. The van der Waals surface area contributed by atoms with Gasteiger partial charge in [0.2, 0.25) is 0 Å². The summed E-state index contributed by atoms with van der Waals surface area (Å²) in [7, 11) is 0. The molecule has 0 spiro atoms. The zero-order valence-corrected chi connectivity index (χ0v) is 21.0. The van der Waals surface area contributed by atoms with Crippen molar-refractivity contribution in [1.82, 2.24) is 4.90 Å². The minimum absolute atomic E-state index is 0.173. The minimum atomic E-state index is -0.985. The van der Waals surface area contributed by atoms with Crippen molar-refractivity contribution in [2.45, 2.75) is 13.5 Å². The van der Waals surface area contributed by atoms with Crippen molar-refractivity contribution >= 4 is 56.5 Å². The van der Waals surface area contributed by atoms with Crippen LogP contribution in [0.4, 0.5) is 10.1 Å². The summed E-state index contributed by atoms with van der Waals surface area (Å²) in [5, 5.41) is 9.57. The van der Waals surface area contributed by atoms with Crippen molar-refractivity contribution in [3.05, 3.63) is 98.6 Å². The lowest BCUT2D eigenvalue weighted by Crippen LogP contribution is -2.28. The van der Waals surface area contributed by atoms with E-state index in [-0.39, 0.29) is 23.9 Å². The van der Waals surface area contributed by atoms with E-state index >= 15 is 0 Å². The molecule has 0 aliphatic carbocycles. The van der Waals surface area contributed by atoms with Crippen molar-refractivity contribution in [3.8, 4) is 5.75 Å². The molecule has 3 aromatic carbocycles. The molecular weight excluding hydrogens is 535 g/mol. The quantitative estimate of drug-likeness (QED) is 0.337. The first kappa shape index (κ1) is 24.7. The Balaban J connectivity index is 1.58. The number of carbonyl (C=O) groups is 2. The number of benzene rings is 3. The molecule has 9 heteroatoms. The highest BCUT2D eigenvalue weighted by Crippen LogP contribution is 2.36. The van der Waals surface area contributed by atoms with Gasteiger partial charge in [-0.25, -0.2) is 14.2 Å². The van der Waals surface area contributed by atoms with E-state index in [9.17, 15) is 14.0 Å². The van der Waals surface area contributed by atoms with Crippen molar-refractivity contribution in [2.24, 2.45) is 4.99 Å². The van der Waals surface area contributed by atoms with Crippen molar-refractivity contribution in [2.75, 3.05) is 6.54 Å². The molecule has 0 unspecified atom stereocenters. The summed E-state index contributed by atoms with van der Waals surface area (Å²) >= 11 is 4.71. The molecule has 1 fully saturated rings. The van der Waals surface area contributed by atoms with Gasteiger partial charge in [0, 0.05) is 16.6 Å². The fourth-order valence-corrected chi connectivity index (χ4v) is 4.74. The van der Waals surface area contributed by atoms with E-state index in [1.807, 2.05) is 19.1 Å². The smallest absolute Gasteiger partial charge is 0.335 e. The molecule has 0 atom stereocenters. The Morgan fingerprint density at radius 2 is 1.86 bits per heavy atom. The topological polar surface area (TPSA) is 79.2 Å². The number of carboxylic acids is 1. The molecule has 1 aliphatic rings. The average Bonchev–Trinajstić information content (AvgIpc) is 3.13. The third kappa shape index (κ3) is 5.98. The normalized spacial score (nSPS) is 15.7. The summed E-state index contributed by atoms with van der Waals surface area (Å²) in [5.41, 5.74) is 2.28. The lowest BCUT2D eigenvalue weighted by Gasteiger charge is -2.12. The molecule has 3 aromatic rings. The van der Waals surface area contributed by atoms with Gasteiger partial charge in [-0.1, -0.05) is 28.1 Å². The number of hydrogen-bond acceptors (Lipinski definition) is 5.